The molecule has 2 aliphatic rings. The molecule has 9 heteroatoms. The van der Waals surface area contributed by atoms with Crippen LogP contribution in [-0.4, -0.2) is 62.5 Å². The number of hydrogen-bond acceptors (Lipinski definition) is 6. The van der Waals surface area contributed by atoms with Crippen molar-refractivity contribution in [2.24, 2.45) is 7.05 Å². The van der Waals surface area contributed by atoms with Crippen molar-refractivity contribution >= 4 is 23.7 Å². The lowest BCUT2D eigenvalue weighted by molar-refractivity contribution is 0.0511. The first-order valence-corrected chi connectivity index (χ1v) is 10.3. The van der Waals surface area contributed by atoms with Gasteiger partial charge in [0, 0.05) is 42.9 Å². The topological polar surface area (TPSA) is 102 Å². The van der Waals surface area contributed by atoms with E-state index in [4.69, 9.17) is 4.74 Å². The molecule has 0 bridgehead atoms. The van der Waals surface area contributed by atoms with Crippen LogP contribution in [0.25, 0.3) is 0 Å². The van der Waals surface area contributed by atoms with Crippen LogP contribution in [0.3, 0.4) is 0 Å². The fraction of sp³-hybridized carbons (Fsp3) is 0.409. The summed E-state index contributed by atoms with van der Waals surface area (Å²) in [6.07, 6.45) is 0.549. The molecule has 0 aliphatic carbocycles. The van der Waals surface area contributed by atoms with Crippen LogP contribution >= 0.6 is 0 Å². The van der Waals surface area contributed by atoms with E-state index in [2.05, 4.69) is 5.10 Å². The maximum Gasteiger partial charge on any atom is 0.359 e. The molecule has 1 aromatic carbocycles. The Bertz CT molecular complexity index is 1120. The lowest BCUT2D eigenvalue weighted by atomic mass is 10.0. The Morgan fingerprint density at radius 3 is 2.55 bits per heavy atom. The number of fused-ring (bicyclic) bond motifs is 2. The molecular formula is C22H24N4O5. The molecule has 0 unspecified atom stereocenters. The van der Waals surface area contributed by atoms with Crippen LogP contribution in [0.15, 0.2) is 18.2 Å². The van der Waals surface area contributed by atoms with Crippen LogP contribution in [0, 0.1) is 0 Å². The molecule has 1 aromatic heterocycles. The summed E-state index contributed by atoms with van der Waals surface area (Å²) in [5.41, 5.74) is 2.69. The number of benzene rings is 1. The van der Waals surface area contributed by atoms with Gasteiger partial charge in [0.05, 0.1) is 24.3 Å². The second-order valence-corrected chi connectivity index (χ2v) is 7.93. The molecule has 9 nitrogen and oxygen atoms in total. The van der Waals surface area contributed by atoms with Gasteiger partial charge in [0.25, 0.3) is 17.7 Å². The van der Waals surface area contributed by atoms with Crippen LogP contribution in [0.5, 0.6) is 0 Å². The Hall–Kier alpha value is -3.49. The van der Waals surface area contributed by atoms with Crippen LogP contribution in [-0.2, 0) is 24.8 Å². The number of nitrogens with zero attached hydrogens (tertiary/aromatic N) is 4. The second kappa shape index (κ2) is 7.64. The van der Waals surface area contributed by atoms with Gasteiger partial charge in [-0.3, -0.25) is 24.0 Å². The Morgan fingerprint density at radius 2 is 1.87 bits per heavy atom. The molecular weight excluding hydrogens is 400 g/mol. The standard InChI is InChI=1S/C22H24N4O5/c1-5-31-22(30)18-16-11-25(9-8-17(16)24(4)23-18)19(27)13-6-7-14-15(10-13)21(29)26(12(2)3)20(14)28/h6-7,10,12H,5,8-9,11H2,1-4H3. The molecule has 2 aliphatic heterocycles. The summed E-state index contributed by atoms with van der Waals surface area (Å²) in [6.45, 7) is 6.18. The molecule has 0 saturated heterocycles. The van der Waals surface area contributed by atoms with Crippen LogP contribution in [0.1, 0.15) is 73.6 Å². The fourth-order valence-electron chi connectivity index (χ4n) is 4.17. The minimum Gasteiger partial charge on any atom is -0.461 e. The van der Waals surface area contributed by atoms with Crippen LogP contribution in [0.2, 0.25) is 0 Å². The highest BCUT2D eigenvalue weighted by molar-refractivity contribution is 6.22. The fourth-order valence-corrected chi connectivity index (χ4v) is 4.17. The summed E-state index contributed by atoms with van der Waals surface area (Å²) < 4.78 is 6.75. The molecule has 3 amide bonds. The van der Waals surface area contributed by atoms with E-state index in [0.717, 1.165) is 5.69 Å². The van der Waals surface area contributed by atoms with Gasteiger partial charge in [-0.05, 0) is 39.0 Å². The van der Waals surface area contributed by atoms with Gasteiger partial charge in [0.15, 0.2) is 5.69 Å². The number of carbonyl (C=O) groups is 4. The number of aryl methyl sites for hydroxylation is 1. The first-order valence-electron chi connectivity index (χ1n) is 10.3. The molecule has 162 valence electrons. The first kappa shape index (κ1) is 20.8. The molecule has 31 heavy (non-hydrogen) atoms. The van der Waals surface area contributed by atoms with Crippen molar-refractivity contribution < 1.29 is 23.9 Å². The van der Waals surface area contributed by atoms with E-state index in [1.54, 1.807) is 43.5 Å². The number of amides is 3. The molecule has 2 aromatic rings. The molecule has 3 heterocycles. The summed E-state index contributed by atoms with van der Waals surface area (Å²) >= 11 is 0. The van der Waals surface area contributed by atoms with Crippen molar-refractivity contribution in [2.75, 3.05) is 13.2 Å². The third kappa shape index (κ3) is 3.30. The van der Waals surface area contributed by atoms with Gasteiger partial charge in [0.1, 0.15) is 0 Å². The maximum atomic E-state index is 13.2. The third-order valence-corrected chi connectivity index (χ3v) is 5.68. The van der Waals surface area contributed by atoms with E-state index in [-0.39, 0.29) is 48.2 Å². The van der Waals surface area contributed by atoms with E-state index < -0.39 is 5.97 Å². The maximum absolute atomic E-state index is 13.2. The van der Waals surface area contributed by atoms with Crippen molar-refractivity contribution in [2.45, 2.75) is 39.8 Å². The number of esters is 1. The van der Waals surface area contributed by atoms with Crippen molar-refractivity contribution in [3.05, 3.63) is 51.8 Å². The largest absolute Gasteiger partial charge is 0.461 e. The van der Waals surface area contributed by atoms with Gasteiger partial charge in [-0.1, -0.05) is 0 Å². The predicted octanol–water partition coefficient (Wildman–Crippen LogP) is 1.80. The van der Waals surface area contributed by atoms with Gasteiger partial charge in [-0.25, -0.2) is 4.79 Å². The number of carbonyl (C=O) groups excluding carboxylic acids is 4. The van der Waals surface area contributed by atoms with Gasteiger partial charge in [-0.2, -0.15) is 5.10 Å². The van der Waals surface area contributed by atoms with E-state index >= 15 is 0 Å². The van der Waals surface area contributed by atoms with E-state index in [1.807, 2.05) is 0 Å². The number of imide groups is 1. The lowest BCUT2D eigenvalue weighted by Gasteiger charge is -2.27. The van der Waals surface area contributed by atoms with Crippen molar-refractivity contribution in [1.82, 2.24) is 19.6 Å². The highest BCUT2D eigenvalue weighted by Crippen LogP contribution is 2.28. The summed E-state index contributed by atoms with van der Waals surface area (Å²) in [6, 6.07) is 4.33. The predicted molar refractivity (Wildman–Crippen MR) is 110 cm³/mol. The molecule has 0 N–H and O–H groups in total. The minimum atomic E-state index is -0.510. The zero-order chi connectivity index (χ0) is 22.4. The van der Waals surface area contributed by atoms with E-state index in [0.29, 0.717) is 29.7 Å². The van der Waals surface area contributed by atoms with Crippen molar-refractivity contribution in [3.8, 4) is 0 Å². The first-order chi connectivity index (χ1) is 14.7. The Morgan fingerprint density at radius 1 is 1.16 bits per heavy atom. The zero-order valence-electron chi connectivity index (χ0n) is 18.0. The Kier molecular flexibility index (Phi) is 5.12. The van der Waals surface area contributed by atoms with Gasteiger partial charge in [0.2, 0.25) is 0 Å². The molecule has 0 atom stereocenters. The van der Waals surface area contributed by atoms with Crippen LogP contribution < -0.4 is 0 Å². The van der Waals surface area contributed by atoms with Crippen LogP contribution in [0.4, 0.5) is 0 Å². The normalized spacial score (nSPS) is 15.4. The lowest BCUT2D eigenvalue weighted by Crippen LogP contribution is -2.37. The number of ether oxygens (including phenoxy) is 1. The Balaban J connectivity index is 1.61. The average molecular weight is 424 g/mol. The number of rotatable bonds is 4. The third-order valence-electron chi connectivity index (χ3n) is 5.68. The molecule has 0 radical (unpaired) electrons. The summed E-state index contributed by atoms with van der Waals surface area (Å²) in [4.78, 5) is 53.5. The summed E-state index contributed by atoms with van der Waals surface area (Å²) in [5, 5.41) is 4.28. The second-order valence-electron chi connectivity index (χ2n) is 7.93. The van der Waals surface area contributed by atoms with Gasteiger partial charge < -0.3 is 9.64 Å². The van der Waals surface area contributed by atoms with Crippen molar-refractivity contribution in [1.29, 1.82) is 0 Å². The summed E-state index contributed by atoms with van der Waals surface area (Å²) in [5.74, 6) is -1.51. The Labute approximate surface area is 179 Å². The SMILES string of the molecule is CCOC(=O)c1nn(C)c2c1CN(C(=O)c1ccc3c(c1)C(=O)N(C(C)C)C3=O)CC2. The number of hydrogen-bond donors (Lipinski definition) is 0. The van der Waals surface area contributed by atoms with E-state index in [9.17, 15) is 19.2 Å². The zero-order valence-corrected chi connectivity index (χ0v) is 18.0. The molecule has 4 rings (SSSR count). The van der Waals surface area contributed by atoms with E-state index in [1.165, 1.54) is 17.0 Å². The molecule has 0 spiro atoms. The highest BCUT2D eigenvalue weighted by Gasteiger charge is 2.38. The summed E-state index contributed by atoms with van der Waals surface area (Å²) in [7, 11) is 1.77. The molecule has 0 fully saturated rings. The quantitative estimate of drug-likeness (QED) is 0.548. The van der Waals surface area contributed by atoms with Gasteiger partial charge >= 0.3 is 5.97 Å². The smallest absolute Gasteiger partial charge is 0.359 e. The highest BCUT2D eigenvalue weighted by atomic mass is 16.5. The number of aromatic nitrogens is 2. The molecule has 0 saturated carbocycles. The monoisotopic (exact) mass is 424 g/mol. The average Bonchev–Trinajstić information content (AvgIpc) is 3.21. The van der Waals surface area contributed by atoms with Crippen molar-refractivity contribution in [3.63, 3.8) is 0 Å². The minimum absolute atomic E-state index is 0.220. The van der Waals surface area contributed by atoms with Gasteiger partial charge in [-0.15, -0.1) is 0 Å².